The number of ether oxygens (including phenoxy) is 1. The molecule has 102 valence electrons. The van der Waals surface area contributed by atoms with Gasteiger partial charge in [-0.25, -0.2) is 0 Å². The van der Waals surface area contributed by atoms with Crippen LogP contribution in [0.15, 0.2) is 22.7 Å². The molecular weight excluding hydrogens is 310 g/mol. The van der Waals surface area contributed by atoms with Gasteiger partial charge in [-0.15, -0.1) is 5.10 Å². The van der Waals surface area contributed by atoms with Gasteiger partial charge in [0, 0.05) is 18.1 Å². The lowest BCUT2D eigenvalue weighted by Crippen LogP contribution is -2.21. The number of nitrogens with zero attached hydrogens (tertiary/aromatic N) is 4. The summed E-state index contributed by atoms with van der Waals surface area (Å²) in [5.74, 6) is 0.776. The van der Waals surface area contributed by atoms with Crippen LogP contribution < -0.4 is 5.32 Å². The van der Waals surface area contributed by atoms with Gasteiger partial charge in [0.05, 0.1) is 18.8 Å². The summed E-state index contributed by atoms with van der Waals surface area (Å²) in [6, 6.07) is 6.01. The molecule has 7 heteroatoms. The van der Waals surface area contributed by atoms with E-state index in [0.717, 1.165) is 28.1 Å². The van der Waals surface area contributed by atoms with Gasteiger partial charge in [0.25, 0.3) is 0 Å². The van der Waals surface area contributed by atoms with Crippen molar-refractivity contribution in [2.24, 2.45) is 0 Å². The van der Waals surface area contributed by atoms with Crippen LogP contribution >= 0.6 is 15.9 Å². The normalized spacial score (nSPS) is 10.9. The second kappa shape index (κ2) is 6.74. The van der Waals surface area contributed by atoms with Crippen LogP contribution in [0.5, 0.6) is 0 Å². The first-order chi connectivity index (χ1) is 9.22. The van der Waals surface area contributed by atoms with Crippen molar-refractivity contribution < 1.29 is 4.74 Å². The predicted octanol–water partition coefficient (Wildman–Crippen LogP) is 1.47. The Balaban J connectivity index is 2.12. The van der Waals surface area contributed by atoms with E-state index in [2.05, 4.69) is 36.8 Å². The highest BCUT2D eigenvalue weighted by Crippen LogP contribution is 2.19. The zero-order valence-electron chi connectivity index (χ0n) is 10.9. The molecule has 1 heterocycles. The molecule has 0 spiro atoms. The third-order valence-corrected chi connectivity index (χ3v) is 3.58. The molecular formula is C12H16BrN5O. The summed E-state index contributed by atoms with van der Waals surface area (Å²) in [5.41, 5.74) is 2.10. The van der Waals surface area contributed by atoms with Gasteiger partial charge in [-0.05, 0) is 41.1 Å². The average Bonchev–Trinajstić information content (AvgIpc) is 2.86. The van der Waals surface area contributed by atoms with Crippen molar-refractivity contribution in [2.75, 3.05) is 20.3 Å². The standard InChI is InChI=1S/C12H16BrN5O/c1-9-7-10(3-4-11(9)13)18-12(15-16-17-18)8-14-5-6-19-2/h3-4,7,14H,5-6,8H2,1-2H3. The second-order valence-electron chi connectivity index (χ2n) is 4.11. The van der Waals surface area contributed by atoms with Crippen LogP contribution in [0.25, 0.3) is 5.69 Å². The van der Waals surface area contributed by atoms with Gasteiger partial charge in [0.1, 0.15) is 0 Å². The number of aromatic nitrogens is 4. The monoisotopic (exact) mass is 325 g/mol. The number of nitrogens with one attached hydrogen (secondary N) is 1. The Morgan fingerprint density at radius 2 is 2.26 bits per heavy atom. The van der Waals surface area contributed by atoms with Crippen LogP contribution in [-0.2, 0) is 11.3 Å². The summed E-state index contributed by atoms with van der Waals surface area (Å²) in [5, 5.41) is 15.0. The molecule has 6 nitrogen and oxygen atoms in total. The molecule has 0 radical (unpaired) electrons. The largest absolute Gasteiger partial charge is 0.383 e. The van der Waals surface area contributed by atoms with Crippen LogP contribution in [0.2, 0.25) is 0 Å². The second-order valence-corrected chi connectivity index (χ2v) is 4.96. The molecule has 0 fully saturated rings. The fourth-order valence-corrected chi connectivity index (χ4v) is 1.90. The van der Waals surface area contributed by atoms with Crippen LogP contribution in [0.4, 0.5) is 0 Å². The molecule has 0 bridgehead atoms. The van der Waals surface area contributed by atoms with Gasteiger partial charge < -0.3 is 10.1 Å². The van der Waals surface area contributed by atoms with E-state index >= 15 is 0 Å². The highest BCUT2D eigenvalue weighted by atomic mass is 79.9. The van der Waals surface area contributed by atoms with Gasteiger partial charge in [-0.3, -0.25) is 0 Å². The van der Waals surface area contributed by atoms with E-state index in [4.69, 9.17) is 4.74 Å². The number of halogens is 1. The summed E-state index contributed by atoms with van der Waals surface area (Å²) in [4.78, 5) is 0. The summed E-state index contributed by atoms with van der Waals surface area (Å²) in [6.07, 6.45) is 0. The van der Waals surface area contributed by atoms with Crippen molar-refractivity contribution >= 4 is 15.9 Å². The Labute approximate surface area is 120 Å². The number of rotatable bonds is 6. The first kappa shape index (κ1) is 14.1. The average molecular weight is 326 g/mol. The third kappa shape index (κ3) is 3.59. The van der Waals surface area contributed by atoms with Crippen LogP contribution in [0.1, 0.15) is 11.4 Å². The van der Waals surface area contributed by atoms with Crippen molar-refractivity contribution in [1.29, 1.82) is 0 Å². The Morgan fingerprint density at radius 3 is 3.00 bits per heavy atom. The molecule has 1 aromatic carbocycles. The SMILES string of the molecule is COCCNCc1nnnn1-c1ccc(Br)c(C)c1. The Kier molecular flexibility index (Phi) is 5.00. The quantitative estimate of drug-likeness (QED) is 0.815. The maximum atomic E-state index is 4.98. The summed E-state index contributed by atoms with van der Waals surface area (Å²) in [7, 11) is 1.68. The first-order valence-electron chi connectivity index (χ1n) is 5.96. The van der Waals surface area contributed by atoms with Crippen molar-refractivity contribution in [3.63, 3.8) is 0 Å². The molecule has 0 saturated heterocycles. The number of benzene rings is 1. The molecule has 0 unspecified atom stereocenters. The van der Waals surface area contributed by atoms with Gasteiger partial charge in [0.15, 0.2) is 5.82 Å². The molecule has 0 aliphatic carbocycles. The van der Waals surface area contributed by atoms with E-state index in [0.29, 0.717) is 13.2 Å². The maximum Gasteiger partial charge on any atom is 0.170 e. The molecule has 1 aromatic heterocycles. The first-order valence-corrected chi connectivity index (χ1v) is 6.75. The summed E-state index contributed by atoms with van der Waals surface area (Å²) < 4.78 is 7.79. The van der Waals surface area contributed by atoms with Gasteiger partial charge >= 0.3 is 0 Å². The van der Waals surface area contributed by atoms with Crippen LogP contribution in [-0.4, -0.2) is 40.5 Å². The Bertz CT molecular complexity index is 543. The number of hydrogen-bond acceptors (Lipinski definition) is 5. The van der Waals surface area contributed by atoms with E-state index in [1.165, 1.54) is 0 Å². The van der Waals surface area contributed by atoms with E-state index in [1.807, 2.05) is 25.1 Å². The molecule has 0 aliphatic heterocycles. The number of methoxy groups -OCH3 is 1. The van der Waals surface area contributed by atoms with E-state index in [1.54, 1.807) is 11.8 Å². The smallest absolute Gasteiger partial charge is 0.170 e. The van der Waals surface area contributed by atoms with Crippen molar-refractivity contribution in [1.82, 2.24) is 25.5 Å². The summed E-state index contributed by atoms with van der Waals surface area (Å²) in [6.45, 7) is 4.07. The number of tetrazole rings is 1. The number of hydrogen-bond donors (Lipinski definition) is 1. The van der Waals surface area contributed by atoms with Crippen molar-refractivity contribution in [3.8, 4) is 5.69 Å². The summed E-state index contributed by atoms with van der Waals surface area (Å²) >= 11 is 3.48. The lowest BCUT2D eigenvalue weighted by atomic mass is 10.2. The minimum absolute atomic E-state index is 0.603. The molecule has 0 saturated carbocycles. The molecule has 0 amide bonds. The van der Waals surface area contributed by atoms with E-state index < -0.39 is 0 Å². The minimum Gasteiger partial charge on any atom is -0.383 e. The Morgan fingerprint density at radius 1 is 1.42 bits per heavy atom. The van der Waals surface area contributed by atoms with Crippen LogP contribution in [0, 0.1) is 6.92 Å². The minimum atomic E-state index is 0.603. The molecule has 2 aromatic rings. The number of aryl methyl sites for hydroxylation is 1. The zero-order valence-corrected chi connectivity index (χ0v) is 12.5. The molecule has 1 N–H and O–H groups in total. The van der Waals surface area contributed by atoms with Gasteiger partial charge in [-0.2, -0.15) is 4.68 Å². The topological polar surface area (TPSA) is 64.9 Å². The fraction of sp³-hybridized carbons (Fsp3) is 0.417. The van der Waals surface area contributed by atoms with Gasteiger partial charge in [0.2, 0.25) is 0 Å². The lowest BCUT2D eigenvalue weighted by molar-refractivity contribution is 0.199. The molecule has 0 aliphatic rings. The predicted molar refractivity (Wildman–Crippen MR) is 75.2 cm³/mol. The fourth-order valence-electron chi connectivity index (χ4n) is 1.65. The molecule has 2 rings (SSSR count). The lowest BCUT2D eigenvalue weighted by Gasteiger charge is -2.07. The highest BCUT2D eigenvalue weighted by Gasteiger charge is 2.08. The Hall–Kier alpha value is -1.31. The van der Waals surface area contributed by atoms with E-state index in [-0.39, 0.29) is 0 Å². The van der Waals surface area contributed by atoms with Crippen LogP contribution in [0.3, 0.4) is 0 Å². The van der Waals surface area contributed by atoms with Crippen molar-refractivity contribution in [2.45, 2.75) is 13.5 Å². The van der Waals surface area contributed by atoms with Gasteiger partial charge in [-0.1, -0.05) is 15.9 Å². The zero-order chi connectivity index (χ0) is 13.7. The molecule has 0 atom stereocenters. The third-order valence-electron chi connectivity index (χ3n) is 2.69. The highest BCUT2D eigenvalue weighted by molar-refractivity contribution is 9.10. The van der Waals surface area contributed by atoms with Crippen molar-refractivity contribution in [3.05, 3.63) is 34.1 Å². The van der Waals surface area contributed by atoms with E-state index in [9.17, 15) is 0 Å². The maximum absolute atomic E-state index is 4.98. The molecule has 19 heavy (non-hydrogen) atoms.